The Labute approximate surface area is 131 Å². The zero-order chi connectivity index (χ0) is 14.0. The van der Waals surface area contributed by atoms with Crippen LogP contribution in [0.15, 0.2) is 27.1 Å². The first-order valence-electron chi connectivity index (χ1n) is 6.38. The molecular weight excluding hydrogens is 372 g/mol. The maximum atomic E-state index is 12.5. The van der Waals surface area contributed by atoms with Crippen molar-refractivity contribution >= 4 is 37.8 Å². The fraction of sp³-hybridized carbons (Fsp3) is 0.500. The zero-order valence-corrected chi connectivity index (χ0v) is 14.3. The Bertz CT molecular complexity index is 482. The van der Waals surface area contributed by atoms with Crippen molar-refractivity contribution in [3.8, 4) is 0 Å². The van der Waals surface area contributed by atoms with E-state index in [9.17, 15) is 4.79 Å². The van der Waals surface area contributed by atoms with Crippen LogP contribution in [0.3, 0.4) is 0 Å². The summed E-state index contributed by atoms with van der Waals surface area (Å²) in [5.41, 5.74) is 0.882. The Morgan fingerprint density at radius 3 is 2.53 bits per heavy atom. The van der Waals surface area contributed by atoms with Crippen LogP contribution in [0.25, 0.3) is 0 Å². The molecule has 1 aliphatic rings. The number of hydrogen-bond acceptors (Lipinski definition) is 2. The predicted molar refractivity (Wildman–Crippen MR) is 84.4 cm³/mol. The third-order valence-electron chi connectivity index (χ3n) is 3.92. The first-order chi connectivity index (χ1) is 8.95. The first-order valence-corrected chi connectivity index (χ1v) is 7.97. The van der Waals surface area contributed by atoms with Crippen LogP contribution in [0.5, 0.6) is 0 Å². The smallest absolute Gasteiger partial charge is 0.255 e. The topological polar surface area (TPSA) is 32.3 Å². The van der Waals surface area contributed by atoms with Gasteiger partial charge in [0.05, 0.1) is 5.56 Å². The van der Waals surface area contributed by atoms with Gasteiger partial charge in [0.1, 0.15) is 0 Å². The number of likely N-dealkylation sites (tertiary alicyclic amines) is 1. The van der Waals surface area contributed by atoms with Crippen LogP contribution in [-0.4, -0.2) is 36.5 Å². The molecule has 0 radical (unpaired) electrons. The van der Waals surface area contributed by atoms with Crippen LogP contribution in [0.2, 0.25) is 0 Å². The highest BCUT2D eigenvalue weighted by Crippen LogP contribution is 2.26. The average Bonchev–Trinajstić information content (AvgIpc) is 2.42. The maximum absolute atomic E-state index is 12.5. The first kappa shape index (κ1) is 15.0. The average molecular weight is 390 g/mol. The second-order valence-corrected chi connectivity index (χ2v) is 7.00. The molecule has 1 aromatic carbocycles. The Morgan fingerprint density at radius 2 is 1.95 bits per heavy atom. The minimum absolute atomic E-state index is 0.103. The maximum Gasteiger partial charge on any atom is 0.255 e. The van der Waals surface area contributed by atoms with Gasteiger partial charge in [0, 0.05) is 27.6 Å². The molecule has 0 bridgehead atoms. The van der Waals surface area contributed by atoms with E-state index in [0.717, 1.165) is 40.4 Å². The summed E-state index contributed by atoms with van der Waals surface area (Å²) in [5, 5.41) is 3.35. The fourth-order valence-corrected chi connectivity index (χ4v) is 3.06. The molecule has 0 spiro atoms. The van der Waals surface area contributed by atoms with Crippen molar-refractivity contribution in [2.75, 3.05) is 20.1 Å². The Balaban J connectivity index is 2.11. The number of carbonyl (C=O) groups is 1. The number of nitrogens with zero attached hydrogens (tertiary/aromatic N) is 1. The molecule has 5 heteroatoms. The SMILES string of the molecule is CNC1(C)CCN(C(=O)c2cc(Br)ccc2Br)CC1. The molecule has 3 nitrogen and oxygen atoms in total. The van der Waals surface area contributed by atoms with Gasteiger partial charge < -0.3 is 10.2 Å². The number of carbonyl (C=O) groups excluding carboxylic acids is 1. The summed E-state index contributed by atoms with van der Waals surface area (Å²) < 4.78 is 1.78. The monoisotopic (exact) mass is 388 g/mol. The number of rotatable bonds is 2. The Kier molecular flexibility index (Phi) is 4.69. The van der Waals surface area contributed by atoms with Crippen molar-refractivity contribution in [1.29, 1.82) is 0 Å². The van der Waals surface area contributed by atoms with Crippen LogP contribution < -0.4 is 5.32 Å². The van der Waals surface area contributed by atoms with E-state index in [0.29, 0.717) is 0 Å². The lowest BCUT2D eigenvalue weighted by molar-refractivity contribution is 0.0661. The van der Waals surface area contributed by atoms with E-state index in [1.807, 2.05) is 30.1 Å². The van der Waals surface area contributed by atoms with Crippen molar-refractivity contribution in [2.45, 2.75) is 25.3 Å². The quantitative estimate of drug-likeness (QED) is 0.840. The zero-order valence-electron chi connectivity index (χ0n) is 11.2. The minimum atomic E-state index is 0.103. The van der Waals surface area contributed by atoms with Crippen LogP contribution >= 0.6 is 31.9 Å². The third-order valence-corrected chi connectivity index (χ3v) is 5.10. The van der Waals surface area contributed by atoms with Crippen molar-refractivity contribution in [3.63, 3.8) is 0 Å². The lowest BCUT2D eigenvalue weighted by Gasteiger charge is -2.39. The molecule has 0 unspecified atom stereocenters. The number of benzene rings is 1. The van der Waals surface area contributed by atoms with Crippen LogP contribution in [-0.2, 0) is 0 Å². The molecule has 1 heterocycles. The summed E-state index contributed by atoms with van der Waals surface area (Å²) in [4.78, 5) is 14.5. The van der Waals surface area contributed by atoms with Crippen molar-refractivity contribution in [1.82, 2.24) is 10.2 Å². The molecule has 0 atom stereocenters. The molecule has 0 aromatic heterocycles. The number of halogens is 2. The fourth-order valence-electron chi connectivity index (χ4n) is 2.29. The predicted octanol–water partition coefficient (Wildman–Crippen LogP) is 3.43. The standard InChI is InChI=1S/C14H18Br2N2O/c1-14(17-2)5-7-18(8-6-14)13(19)11-9-10(15)3-4-12(11)16/h3-4,9,17H,5-8H2,1-2H3. The Morgan fingerprint density at radius 1 is 1.32 bits per heavy atom. The van der Waals surface area contributed by atoms with E-state index in [4.69, 9.17) is 0 Å². The van der Waals surface area contributed by atoms with E-state index < -0.39 is 0 Å². The summed E-state index contributed by atoms with van der Waals surface area (Å²) in [6, 6.07) is 5.70. The van der Waals surface area contributed by atoms with E-state index in [2.05, 4.69) is 44.1 Å². The number of nitrogens with one attached hydrogen (secondary N) is 1. The summed E-state index contributed by atoms with van der Waals surface area (Å²) >= 11 is 6.87. The molecular formula is C14H18Br2N2O. The molecule has 1 N–H and O–H groups in total. The van der Waals surface area contributed by atoms with Gasteiger partial charge in [0.2, 0.25) is 0 Å². The molecule has 1 saturated heterocycles. The van der Waals surface area contributed by atoms with E-state index >= 15 is 0 Å². The highest BCUT2D eigenvalue weighted by Gasteiger charge is 2.31. The molecule has 1 aliphatic heterocycles. The molecule has 19 heavy (non-hydrogen) atoms. The Hall–Kier alpha value is -0.390. The van der Waals surface area contributed by atoms with E-state index in [-0.39, 0.29) is 11.4 Å². The van der Waals surface area contributed by atoms with Crippen molar-refractivity contribution < 1.29 is 4.79 Å². The number of piperidine rings is 1. The van der Waals surface area contributed by atoms with Crippen molar-refractivity contribution in [2.24, 2.45) is 0 Å². The van der Waals surface area contributed by atoms with Gasteiger partial charge in [-0.05, 0) is 60.9 Å². The highest BCUT2D eigenvalue weighted by atomic mass is 79.9. The van der Waals surface area contributed by atoms with E-state index in [1.165, 1.54) is 0 Å². The number of hydrogen-bond donors (Lipinski definition) is 1. The summed E-state index contributed by atoms with van der Waals surface area (Å²) in [6.45, 7) is 3.81. The minimum Gasteiger partial charge on any atom is -0.338 e. The molecule has 1 fully saturated rings. The molecule has 2 rings (SSSR count). The van der Waals surface area contributed by atoms with Gasteiger partial charge in [-0.15, -0.1) is 0 Å². The normalized spacial score (nSPS) is 18.4. The third kappa shape index (κ3) is 3.38. The summed E-state index contributed by atoms with van der Waals surface area (Å²) in [6.07, 6.45) is 1.97. The van der Waals surface area contributed by atoms with Gasteiger partial charge in [-0.1, -0.05) is 15.9 Å². The second-order valence-electron chi connectivity index (χ2n) is 5.23. The van der Waals surface area contributed by atoms with Gasteiger partial charge in [-0.3, -0.25) is 4.79 Å². The molecule has 1 amide bonds. The van der Waals surface area contributed by atoms with Crippen LogP contribution in [0, 0.1) is 0 Å². The van der Waals surface area contributed by atoms with Gasteiger partial charge in [0.15, 0.2) is 0 Å². The number of amides is 1. The molecule has 0 saturated carbocycles. The van der Waals surface area contributed by atoms with Crippen molar-refractivity contribution in [3.05, 3.63) is 32.7 Å². The van der Waals surface area contributed by atoms with Crippen LogP contribution in [0.4, 0.5) is 0 Å². The summed E-state index contributed by atoms with van der Waals surface area (Å²) in [7, 11) is 1.99. The molecule has 0 aliphatic carbocycles. The van der Waals surface area contributed by atoms with Gasteiger partial charge >= 0.3 is 0 Å². The summed E-state index contributed by atoms with van der Waals surface area (Å²) in [5.74, 6) is 0.103. The lowest BCUT2D eigenvalue weighted by Crippen LogP contribution is -2.51. The van der Waals surface area contributed by atoms with Gasteiger partial charge in [-0.25, -0.2) is 0 Å². The largest absolute Gasteiger partial charge is 0.338 e. The van der Waals surface area contributed by atoms with Gasteiger partial charge in [-0.2, -0.15) is 0 Å². The van der Waals surface area contributed by atoms with Gasteiger partial charge in [0.25, 0.3) is 5.91 Å². The highest BCUT2D eigenvalue weighted by molar-refractivity contribution is 9.11. The van der Waals surface area contributed by atoms with Crippen LogP contribution in [0.1, 0.15) is 30.1 Å². The molecule has 1 aromatic rings. The van der Waals surface area contributed by atoms with E-state index in [1.54, 1.807) is 0 Å². The lowest BCUT2D eigenvalue weighted by atomic mass is 9.89. The molecule has 104 valence electrons. The second kappa shape index (κ2) is 5.94.